The number of likely N-dealkylation sites (tertiary alicyclic amines) is 1. The highest BCUT2D eigenvalue weighted by atomic mass is 15.1. The Kier molecular flexibility index (Phi) is 4.79. The first-order chi connectivity index (χ1) is 8.68. The molecule has 0 saturated carbocycles. The third-order valence-corrected chi connectivity index (χ3v) is 3.93. The van der Waals surface area contributed by atoms with Gasteiger partial charge in [0, 0.05) is 25.0 Å². The van der Waals surface area contributed by atoms with E-state index in [1.165, 1.54) is 38.0 Å². The first kappa shape index (κ1) is 13.6. The van der Waals surface area contributed by atoms with E-state index in [4.69, 9.17) is 0 Å². The Morgan fingerprint density at radius 2 is 1.78 bits per heavy atom. The Balaban J connectivity index is 1.71. The summed E-state index contributed by atoms with van der Waals surface area (Å²) in [5.41, 5.74) is 1.63. The fraction of sp³-hybridized carbons (Fsp3) is 0.625. The molecule has 1 aromatic rings. The molecule has 1 saturated heterocycles. The van der Waals surface area contributed by atoms with Crippen LogP contribution in [0.5, 0.6) is 0 Å². The number of hydrogen-bond donors (Lipinski definition) is 1. The zero-order chi connectivity index (χ0) is 12.8. The topological polar surface area (TPSA) is 15.3 Å². The van der Waals surface area contributed by atoms with Crippen LogP contribution < -0.4 is 5.32 Å². The Hall–Kier alpha value is -0.860. The lowest BCUT2D eigenvalue weighted by Crippen LogP contribution is -2.37. The fourth-order valence-electron chi connectivity index (χ4n) is 2.64. The highest BCUT2D eigenvalue weighted by molar-refractivity contribution is 5.23. The highest BCUT2D eigenvalue weighted by Gasteiger charge is 2.19. The standard InChI is InChI=1S/C16H26N2/c1-16(2,15-8-4-3-5-9-15)14-17-10-13-18-11-6-7-12-18/h3-5,8-9,17H,6-7,10-14H2,1-2H3. The summed E-state index contributed by atoms with van der Waals surface area (Å²) >= 11 is 0. The summed E-state index contributed by atoms with van der Waals surface area (Å²) in [6.45, 7) is 10.6. The molecule has 2 nitrogen and oxygen atoms in total. The maximum atomic E-state index is 3.61. The number of hydrogen-bond acceptors (Lipinski definition) is 2. The van der Waals surface area contributed by atoms with Crippen molar-refractivity contribution < 1.29 is 0 Å². The van der Waals surface area contributed by atoms with Gasteiger partial charge in [0.25, 0.3) is 0 Å². The predicted octanol–water partition coefficient (Wildman–Crippen LogP) is 2.65. The van der Waals surface area contributed by atoms with Crippen molar-refractivity contribution in [2.75, 3.05) is 32.7 Å². The average molecular weight is 246 g/mol. The van der Waals surface area contributed by atoms with Crippen LogP contribution in [0.4, 0.5) is 0 Å². The first-order valence-electron chi connectivity index (χ1n) is 7.17. The lowest BCUT2D eigenvalue weighted by Gasteiger charge is -2.26. The van der Waals surface area contributed by atoms with E-state index in [0.29, 0.717) is 0 Å². The Labute approximate surface area is 111 Å². The minimum absolute atomic E-state index is 0.215. The molecule has 0 unspecified atom stereocenters. The molecule has 1 N–H and O–H groups in total. The lowest BCUT2D eigenvalue weighted by atomic mass is 9.85. The minimum atomic E-state index is 0.215. The van der Waals surface area contributed by atoms with Gasteiger partial charge in [-0.25, -0.2) is 0 Å². The molecule has 1 heterocycles. The van der Waals surface area contributed by atoms with Gasteiger partial charge in [0.2, 0.25) is 0 Å². The number of benzene rings is 1. The summed E-state index contributed by atoms with van der Waals surface area (Å²) in [5, 5.41) is 3.61. The van der Waals surface area contributed by atoms with Gasteiger partial charge in [-0.3, -0.25) is 0 Å². The van der Waals surface area contributed by atoms with E-state index < -0.39 is 0 Å². The molecule has 0 aromatic heterocycles. The van der Waals surface area contributed by atoms with E-state index in [2.05, 4.69) is 54.4 Å². The molecule has 2 heteroatoms. The van der Waals surface area contributed by atoms with Gasteiger partial charge in [-0.15, -0.1) is 0 Å². The Morgan fingerprint density at radius 1 is 1.11 bits per heavy atom. The van der Waals surface area contributed by atoms with Crippen molar-refractivity contribution in [2.24, 2.45) is 0 Å². The van der Waals surface area contributed by atoms with E-state index in [1.807, 2.05) is 0 Å². The Morgan fingerprint density at radius 3 is 2.44 bits per heavy atom. The van der Waals surface area contributed by atoms with Crippen molar-refractivity contribution >= 4 is 0 Å². The van der Waals surface area contributed by atoms with Crippen LogP contribution in [0.15, 0.2) is 30.3 Å². The largest absolute Gasteiger partial charge is 0.315 e. The maximum absolute atomic E-state index is 3.61. The van der Waals surface area contributed by atoms with Gasteiger partial charge >= 0.3 is 0 Å². The molecule has 1 aliphatic rings. The molecule has 0 spiro atoms. The molecular weight excluding hydrogens is 220 g/mol. The predicted molar refractivity (Wildman–Crippen MR) is 78.0 cm³/mol. The van der Waals surface area contributed by atoms with Crippen molar-refractivity contribution in [3.8, 4) is 0 Å². The molecule has 0 radical (unpaired) electrons. The summed E-state index contributed by atoms with van der Waals surface area (Å²) in [6, 6.07) is 10.8. The molecule has 0 aliphatic carbocycles. The third-order valence-electron chi connectivity index (χ3n) is 3.93. The number of rotatable bonds is 6. The molecule has 1 aromatic carbocycles. The molecule has 1 fully saturated rings. The van der Waals surface area contributed by atoms with E-state index in [0.717, 1.165) is 13.1 Å². The van der Waals surface area contributed by atoms with Gasteiger partial charge < -0.3 is 10.2 Å². The van der Waals surface area contributed by atoms with Crippen LogP contribution in [-0.4, -0.2) is 37.6 Å². The fourth-order valence-corrected chi connectivity index (χ4v) is 2.64. The summed E-state index contributed by atoms with van der Waals surface area (Å²) < 4.78 is 0. The van der Waals surface area contributed by atoms with Gasteiger partial charge in [-0.1, -0.05) is 44.2 Å². The lowest BCUT2D eigenvalue weighted by molar-refractivity contribution is 0.329. The van der Waals surface area contributed by atoms with Gasteiger partial charge in [-0.05, 0) is 31.5 Å². The summed E-state index contributed by atoms with van der Waals surface area (Å²) in [5.74, 6) is 0. The van der Waals surface area contributed by atoms with Crippen LogP contribution in [0.2, 0.25) is 0 Å². The second kappa shape index (κ2) is 6.35. The zero-order valence-corrected chi connectivity index (χ0v) is 11.8. The molecule has 0 amide bonds. The van der Waals surface area contributed by atoms with Gasteiger partial charge in [0.05, 0.1) is 0 Å². The number of nitrogens with zero attached hydrogens (tertiary/aromatic N) is 1. The molecular formula is C16H26N2. The first-order valence-corrected chi connectivity index (χ1v) is 7.17. The SMILES string of the molecule is CC(C)(CNCCN1CCCC1)c1ccccc1. The van der Waals surface area contributed by atoms with Crippen LogP contribution >= 0.6 is 0 Å². The van der Waals surface area contributed by atoms with E-state index >= 15 is 0 Å². The quantitative estimate of drug-likeness (QED) is 0.776. The normalized spacial score (nSPS) is 17.2. The Bertz CT molecular complexity index is 339. The van der Waals surface area contributed by atoms with Crippen LogP contribution in [0.25, 0.3) is 0 Å². The zero-order valence-electron chi connectivity index (χ0n) is 11.8. The molecule has 0 atom stereocenters. The van der Waals surface area contributed by atoms with Gasteiger partial charge in [0.15, 0.2) is 0 Å². The number of nitrogens with one attached hydrogen (secondary N) is 1. The average Bonchev–Trinajstić information content (AvgIpc) is 2.89. The molecule has 18 heavy (non-hydrogen) atoms. The monoisotopic (exact) mass is 246 g/mol. The van der Waals surface area contributed by atoms with E-state index in [-0.39, 0.29) is 5.41 Å². The summed E-state index contributed by atoms with van der Waals surface area (Å²) in [6.07, 6.45) is 2.77. The van der Waals surface area contributed by atoms with Crippen LogP contribution in [0, 0.1) is 0 Å². The van der Waals surface area contributed by atoms with Crippen LogP contribution in [0.1, 0.15) is 32.3 Å². The van der Waals surface area contributed by atoms with E-state index in [1.54, 1.807) is 0 Å². The maximum Gasteiger partial charge on any atom is 0.0107 e. The van der Waals surface area contributed by atoms with Crippen LogP contribution in [-0.2, 0) is 5.41 Å². The minimum Gasteiger partial charge on any atom is -0.315 e. The van der Waals surface area contributed by atoms with Gasteiger partial charge in [-0.2, -0.15) is 0 Å². The molecule has 2 rings (SSSR count). The van der Waals surface area contributed by atoms with E-state index in [9.17, 15) is 0 Å². The van der Waals surface area contributed by atoms with Crippen LogP contribution in [0.3, 0.4) is 0 Å². The second-order valence-corrected chi connectivity index (χ2v) is 5.98. The third kappa shape index (κ3) is 3.82. The summed E-state index contributed by atoms with van der Waals surface area (Å²) in [4.78, 5) is 2.56. The molecule has 1 aliphatic heterocycles. The highest BCUT2D eigenvalue weighted by Crippen LogP contribution is 2.21. The van der Waals surface area contributed by atoms with Crippen molar-refractivity contribution in [1.29, 1.82) is 0 Å². The smallest absolute Gasteiger partial charge is 0.0107 e. The molecule has 0 bridgehead atoms. The molecule has 100 valence electrons. The van der Waals surface area contributed by atoms with Crippen molar-refractivity contribution in [1.82, 2.24) is 10.2 Å². The van der Waals surface area contributed by atoms with Gasteiger partial charge in [0.1, 0.15) is 0 Å². The summed E-state index contributed by atoms with van der Waals surface area (Å²) in [7, 11) is 0. The van der Waals surface area contributed by atoms with Crippen molar-refractivity contribution in [3.63, 3.8) is 0 Å². The second-order valence-electron chi connectivity index (χ2n) is 5.98. The van der Waals surface area contributed by atoms with Crippen molar-refractivity contribution in [3.05, 3.63) is 35.9 Å². The van der Waals surface area contributed by atoms with Crippen molar-refractivity contribution in [2.45, 2.75) is 32.1 Å².